The Morgan fingerprint density at radius 2 is 1.90 bits per heavy atom. The third-order valence-corrected chi connectivity index (χ3v) is 4.66. The second-order valence-electron chi connectivity index (χ2n) is 5.21. The van der Waals surface area contributed by atoms with Crippen LogP contribution in [0, 0.1) is 0 Å². The van der Waals surface area contributed by atoms with Crippen molar-refractivity contribution in [1.29, 1.82) is 0 Å². The van der Waals surface area contributed by atoms with Crippen LogP contribution in [-0.4, -0.2) is 44.3 Å². The van der Waals surface area contributed by atoms with E-state index in [2.05, 4.69) is 48.1 Å². The molecule has 1 atom stereocenters. The van der Waals surface area contributed by atoms with Gasteiger partial charge in [0.25, 0.3) is 0 Å². The lowest BCUT2D eigenvalue weighted by Crippen LogP contribution is -2.63. The molecule has 0 bridgehead atoms. The molecule has 0 aliphatic heterocycles. The van der Waals surface area contributed by atoms with Gasteiger partial charge in [0.1, 0.15) is 12.2 Å². The van der Waals surface area contributed by atoms with E-state index in [1.807, 2.05) is 11.7 Å². The molecule has 0 aliphatic carbocycles. The molecule has 0 amide bonds. The number of likely N-dealkylation sites (N-methyl/N-ethyl adjacent to an activating group) is 1. The smallest absolute Gasteiger partial charge is 0.138 e. The lowest BCUT2D eigenvalue weighted by molar-refractivity contribution is 0.0482. The zero-order valence-electron chi connectivity index (χ0n) is 13.6. The van der Waals surface area contributed by atoms with Gasteiger partial charge >= 0.3 is 0 Å². The molecule has 1 unspecified atom stereocenters. The summed E-state index contributed by atoms with van der Waals surface area (Å²) in [6.07, 6.45) is 4.49. The SMILES string of the molecule is CCN(CC)C(CC)(CC)C(Cc1ncnn1C)NN. The summed E-state index contributed by atoms with van der Waals surface area (Å²) in [5.74, 6) is 6.85. The first kappa shape index (κ1) is 17.1. The van der Waals surface area contributed by atoms with E-state index in [0.29, 0.717) is 0 Å². The predicted octanol–water partition coefficient (Wildman–Crippen LogP) is 1.09. The summed E-state index contributed by atoms with van der Waals surface area (Å²) >= 11 is 0. The number of nitrogens with one attached hydrogen (secondary N) is 1. The molecule has 0 saturated heterocycles. The van der Waals surface area contributed by atoms with Crippen molar-refractivity contribution in [3.63, 3.8) is 0 Å². The highest BCUT2D eigenvalue weighted by Gasteiger charge is 2.39. The van der Waals surface area contributed by atoms with E-state index in [9.17, 15) is 0 Å². The number of nitrogens with two attached hydrogens (primary N) is 1. The lowest BCUT2D eigenvalue weighted by Gasteiger charge is -2.47. The number of nitrogens with zero attached hydrogens (tertiary/aromatic N) is 4. The van der Waals surface area contributed by atoms with Crippen LogP contribution < -0.4 is 11.3 Å². The van der Waals surface area contributed by atoms with Crippen LogP contribution in [0.1, 0.15) is 46.4 Å². The molecule has 0 aromatic carbocycles. The van der Waals surface area contributed by atoms with Gasteiger partial charge in [-0.15, -0.1) is 0 Å². The molecule has 0 aliphatic rings. The van der Waals surface area contributed by atoms with Crippen LogP contribution in [-0.2, 0) is 13.5 Å². The minimum absolute atomic E-state index is 0.0458. The van der Waals surface area contributed by atoms with Gasteiger partial charge in [-0.2, -0.15) is 5.10 Å². The largest absolute Gasteiger partial charge is 0.297 e. The Morgan fingerprint density at radius 3 is 2.25 bits per heavy atom. The molecular formula is C14H30N6. The Hall–Kier alpha value is -0.980. The van der Waals surface area contributed by atoms with E-state index in [4.69, 9.17) is 5.84 Å². The maximum Gasteiger partial charge on any atom is 0.138 e. The third kappa shape index (κ3) is 3.19. The van der Waals surface area contributed by atoms with Gasteiger partial charge in [0, 0.05) is 25.0 Å². The molecule has 0 fully saturated rings. The Bertz CT molecular complexity index is 381. The molecule has 1 heterocycles. The molecule has 20 heavy (non-hydrogen) atoms. The fourth-order valence-corrected chi connectivity index (χ4v) is 3.36. The van der Waals surface area contributed by atoms with Crippen molar-refractivity contribution in [2.24, 2.45) is 12.9 Å². The maximum atomic E-state index is 5.89. The second-order valence-corrected chi connectivity index (χ2v) is 5.21. The van der Waals surface area contributed by atoms with Gasteiger partial charge in [-0.25, -0.2) is 4.98 Å². The van der Waals surface area contributed by atoms with Crippen molar-refractivity contribution in [1.82, 2.24) is 25.1 Å². The second kappa shape index (κ2) is 7.71. The standard InChI is InChI=1S/C14H30N6/c1-6-14(7-2,20(8-3)9-4)12(18-15)10-13-16-11-17-19(13)5/h11-12,18H,6-10,15H2,1-5H3. The van der Waals surface area contributed by atoms with Crippen molar-refractivity contribution < 1.29 is 0 Å². The highest BCUT2D eigenvalue weighted by molar-refractivity contribution is 5.03. The minimum Gasteiger partial charge on any atom is -0.297 e. The van der Waals surface area contributed by atoms with Gasteiger partial charge in [-0.05, 0) is 25.9 Å². The summed E-state index contributed by atoms with van der Waals surface area (Å²) in [5.41, 5.74) is 3.08. The molecule has 1 aromatic heterocycles. The first-order valence-corrected chi connectivity index (χ1v) is 7.63. The molecular weight excluding hydrogens is 252 g/mol. The van der Waals surface area contributed by atoms with Gasteiger partial charge < -0.3 is 0 Å². The summed E-state index contributed by atoms with van der Waals surface area (Å²) < 4.78 is 1.82. The quantitative estimate of drug-likeness (QED) is 0.524. The van der Waals surface area contributed by atoms with Gasteiger partial charge in [-0.1, -0.05) is 27.7 Å². The highest BCUT2D eigenvalue weighted by atomic mass is 15.3. The Balaban J connectivity index is 3.05. The number of hydrogen-bond donors (Lipinski definition) is 2. The molecule has 0 spiro atoms. The number of hydrazine groups is 1. The average molecular weight is 282 g/mol. The Morgan fingerprint density at radius 1 is 1.30 bits per heavy atom. The van der Waals surface area contributed by atoms with E-state index >= 15 is 0 Å². The van der Waals surface area contributed by atoms with Crippen LogP contribution in [0.25, 0.3) is 0 Å². The first-order valence-electron chi connectivity index (χ1n) is 7.63. The highest BCUT2D eigenvalue weighted by Crippen LogP contribution is 2.29. The average Bonchev–Trinajstić information content (AvgIpc) is 2.88. The monoisotopic (exact) mass is 282 g/mol. The van der Waals surface area contributed by atoms with Gasteiger partial charge in [-0.3, -0.25) is 20.9 Å². The zero-order valence-corrected chi connectivity index (χ0v) is 13.6. The fraction of sp³-hybridized carbons (Fsp3) is 0.857. The number of rotatable bonds is 9. The molecule has 6 nitrogen and oxygen atoms in total. The summed E-state index contributed by atoms with van der Waals surface area (Å²) in [6.45, 7) is 10.9. The summed E-state index contributed by atoms with van der Waals surface area (Å²) in [5, 5.41) is 4.15. The van der Waals surface area contributed by atoms with Crippen LogP contribution in [0.3, 0.4) is 0 Å². The first-order chi connectivity index (χ1) is 9.59. The normalized spacial score (nSPS) is 13.9. The van der Waals surface area contributed by atoms with Gasteiger partial charge in [0.15, 0.2) is 0 Å². The molecule has 3 N–H and O–H groups in total. The van der Waals surface area contributed by atoms with Crippen LogP contribution in [0.4, 0.5) is 0 Å². The number of aryl methyl sites for hydroxylation is 1. The third-order valence-electron chi connectivity index (χ3n) is 4.66. The van der Waals surface area contributed by atoms with Crippen molar-refractivity contribution in [2.45, 2.75) is 58.5 Å². The molecule has 6 heteroatoms. The molecule has 1 rings (SSSR count). The van der Waals surface area contributed by atoms with E-state index in [-0.39, 0.29) is 11.6 Å². The molecule has 1 aromatic rings. The summed E-state index contributed by atoms with van der Waals surface area (Å²) in [6, 6.07) is 0.153. The summed E-state index contributed by atoms with van der Waals surface area (Å²) in [4.78, 5) is 6.84. The van der Waals surface area contributed by atoms with Crippen molar-refractivity contribution >= 4 is 0 Å². The van der Waals surface area contributed by atoms with Crippen LogP contribution >= 0.6 is 0 Å². The van der Waals surface area contributed by atoms with E-state index in [1.165, 1.54) is 0 Å². The van der Waals surface area contributed by atoms with Crippen LogP contribution in [0.15, 0.2) is 6.33 Å². The maximum absolute atomic E-state index is 5.89. The van der Waals surface area contributed by atoms with Crippen molar-refractivity contribution in [2.75, 3.05) is 13.1 Å². The number of hydrogen-bond acceptors (Lipinski definition) is 5. The van der Waals surface area contributed by atoms with Crippen molar-refractivity contribution in [3.05, 3.63) is 12.2 Å². The summed E-state index contributed by atoms with van der Waals surface area (Å²) in [7, 11) is 1.92. The Kier molecular flexibility index (Phi) is 6.58. The van der Waals surface area contributed by atoms with E-state index < -0.39 is 0 Å². The van der Waals surface area contributed by atoms with Gasteiger partial charge in [0.05, 0.1) is 0 Å². The molecule has 0 radical (unpaired) electrons. The minimum atomic E-state index is 0.0458. The van der Waals surface area contributed by atoms with Crippen molar-refractivity contribution in [3.8, 4) is 0 Å². The topological polar surface area (TPSA) is 72.0 Å². The molecule has 116 valence electrons. The lowest BCUT2D eigenvalue weighted by atomic mass is 9.81. The van der Waals surface area contributed by atoms with Gasteiger partial charge in [0.2, 0.25) is 0 Å². The fourth-order valence-electron chi connectivity index (χ4n) is 3.36. The molecule has 0 saturated carbocycles. The predicted molar refractivity (Wildman–Crippen MR) is 82.1 cm³/mol. The Labute approximate surface area is 122 Å². The van der Waals surface area contributed by atoms with Crippen LogP contribution in [0.2, 0.25) is 0 Å². The number of aromatic nitrogens is 3. The van der Waals surface area contributed by atoms with Crippen LogP contribution in [0.5, 0.6) is 0 Å². The van der Waals surface area contributed by atoms with E-state index in [0.717, 1.165) is 38.2 Å². The zero-order chi connectivity index (χ0) is 15.2. The van der Waals surface area contributed by atoms with E-state index in [1.54, 1.807) is 6.33 Å².